The second-order valence-electron chi connectivity index (χ2n) is 5.28. The predicted molar refractivity (Wildman–Crippen MR) is 89.3 cm³/mol. The summed E-state index contributed by atoms with van der Waals surface area (Å²) in [5.74, 6) is -0.0898. The summed E-state index contributed by atoms with van der Waals surface area (Å²) < 4.78 is 2.64. The van der Waals surface area contributed by atoms with Crippen molar-refractivity contribution >= 4 is 27.3 Å². The molecule has 0 saturated heterocycles. The molecule has 0 aliphatic carbocycles. The fraction of sp³-hybridized carbons (Fsp3) is 0.176. The average Bonchev–Trinajstić information content (AvgIpc) is 2.91. The number of hydrogen-bond acceptors (Lipinski definition) is 3. The van der Waals surface area contributed by atoms with Gasteiger partial charge in [0.05, 0.1) is 12.1 Å². The Hall–Kier alpha value is -2.40. The van der Waals surface area contributed by atoms with Crippen LogP contribution in [0.3, 0.4) is 0 Å². The number of thiophene rings is 1. The predicted octanol–water partition coefficient (Wildman–Crippen LogP) is 2.87. The molecule has 0 radical (unpaired) electrons. The van der Waals surface area contributed by atoms with Crippen molar-refractivity contribution in [1.82, 2.24) is 9.47 Å². The highest BCUT2D eigenvalue weighted by Gasteiger charge is 2.14. The Morgan fingerprint density at radius 1 is 1.23 bits per heavy atom. The molecule has 0 spiro atoms. The van der Waals surface area contributed by atoms with Crippen LogP contribution in [0.5, 0.6) is 0 Å². The van der Waals surface area contributed by atoms with Crippen molar-refractivity contribution in [2.45, 2.75) is 6.54 Å². The molecule has 3 aromatic rings. The quantitative estimate of drug-likeness (QED) is 0.746. The summed E-state index contributed by atoms with van der Waals surface area (Å²) in [7, 11) is 3.42. The zero-order valence-corrected chi connectivity index (χ0v) is 13.3. The fourth-order valence-electron chi connectivity index (χ4n) is 2.36. The molecule has 0 unspecified atom stereocenters. The van der Waals surface area contributed by atoms with Crippen LogP contribution in [0.15, 0.2) is 53.5 Å². The summed E-state index contributed by atoms with van der Waals surface area (Å²) in [5, 5.41) is 1.20. The lowest BCUT2D eigenvalue weighted by molar-refractivity contribution is 0.0785. The molecule has 0 atom stereocenters. The van der Waals surface area contributed by atoms with E-state index < -0.39 is 0 Å². The monoisotopic (exact) mass is 312 g/mol. The van der Waals surface area contributed by atoms with Crippen LogP contribution in [0.2, 0.25) is 0 Å². The molecule has 0 fully saturated rings. The van der Waals surface area contributed by atoms with Crippen LogP contribution in [-0.2, 0) is 13.6 Å². The largest absolute Gasteiger partial charge is 0.337 e. The smallest absolute Gasteiger partial charge is 0.255 e. The maximum Gasteiger partial charge on any atom is 0.255 e. The molecular formula is C17H16N2O2S. The zero-order valence-electron chi connectivity index (χ0n) is 12.4. The third-order valence-electron chi connectivity index (χ3n) is 3.55. The average molecular weight is 312 g/mol. The number of benzene rings is 1. The van der Waals surface area contributed by atoms with E-state index in [9.17, 15) is 9.59 Å². The number of rotatable bonds is 3. The van der Waals surface area contributed by atoms with Crippen molar-refractivity contribution in [1.29, 1.82) is 0 Å². The Labute approximate surface area is 132 Å². The van der Waals surface area contributed by atoms with E-state index in [0.717, 1.165) is 4.88 Å². The van der Waals surface area contributed by atoms with E-state index in [1.54, 1.807) is 42.6 Å². The first-order valence-electron chi connectivity index (χ1n) is 6.94. The van der Waals surface area contributed by atoms with E-state index in [0.29, 0.717) is 12.1 Å². The van der Waals surface area contributed by atoms with Crippen molar-refractivity contribution in [3.63, 3.8) is 0 Å². The van der Waals surface area contributed by atoms with E-state index >= 15 is 0 Å². The number of pyridine rings is 1. The van der Waals surface area contributed by atoms with Crippen LogP contribution in [0, 0.1) is 0 Å². The number of fused-ring (bicyclic) bond motifs is 1. The van der Waals surface area contributed by atoms with Crippen LogP contribution in [0.1, 0.15) is 15.2 Å². The van der Waals surface area contributed by atoms with E-state index in [-0.39, 0.29) is 11.5 Å². The van der Waals surface area contributed by atoms with Crippen molar-refractivity contribution in [2.75, 3.05) is 7.05 Å². The number of carbonyl (C=O) groups excluding carboxylic acids is 1. The lowest BCUT2D eigenvalue weighted by Crippen LogP contribution is -2.27. The van der Waals surface area contributed by atoms with Gasteiger partial charge in [0.1, 0.15) is 0 Å². The van der Waals surface area contributed by atoms with Crippen molar-refractivity contribution in [3.05, 3.63) is 69.5 Å². The summed E-state index contributed by atoms with van der Waals surface area (Å²) in [6.07, 6.45) is 1.58. The maximum atomic E-state index is 12.4. The van der Waals surface area contributed by atoms with Crippen LogP contribution in [-0.4, -0.2) is 22.4 Å². The molecule has 0 N–H and O–H groups in total. The van der Waals surface area contributed by atoms with E-state index in [1.165, 1.54) is 20.7 Å². The topological polar surface area (TPSA) is 42.3 Å². The number of aryl methyl sites for hydroxylation is 1. The minimum atomic E-state index is -0.122. The standard InChI is InChI=1S/C17H16N2O2S/c1-18-10-13(7-8-16(18)20)17(21)19(2)11-14-9-12-5-3-4-6-15(12)22-14/h3-10H,11H2,1-2H3. The Morgan fingerprint density at radius 3 is 2.73 bits per heavy atom. The van der Waals surface area contributed by atoms with Crippen LogP contribution < -0.4 is 5.56 Å². The summed E-state index contributed by atoms with van der Waals surface area (Å²) in [6, 6.07) is 13.3. The Balaban J connectivity index is 1.80. The van der Waals surface area contributed by atoms with Gasteiger partial charge >= 0.3 is 0 Å². The second-order valence-corrected chi connectivity index (χ2v) is 6.45. The highest BCUT2D eigenvalue weighted by molar-refractivity contribution is 7.19. The Morgan fingerprint density at radius 2 is 2.00 bits per heavy atom. The van der Waals surface area contributed by atoms with Gasteiger partial charge in [0.25, 0.3) is 5.91 Å². The van der Waals surface area contributed by atoms with E-state index in [1.807, 2.05) is 12.1 Å². The second kappa shape index (κ2) is 5.77. The lowest BCUT2D eigenvalue weighted by atomic mass is 10.2. The summed E-state index contributed by atoms with van der Waals surface area (Å²) in [6.45, 7) is 0.557. The molecule has 1 aromatic carbocycles. The third-order valence-corrected chi connectivity index (χ3v) is 4.65. The van der Waals surface area contributed by atoms with Crippen molar-refractivity contribution in [2.24, 2.45) is 7.05 Å². The van der Waals surface area contributed by atoms with Crippen LogP contribution in [0.4, 0.5) is 0 Å². The number of aromatic nitrogens is 1. The maximum absolute atomic E-state index is 12.4. The molecule has 2 heterocycles. The first kappa shape index (κ1) is 14.5. The van der Waals surface area contributed by atoms with Crippen LogP contribution >= 0.6 is 11.3 Å². The normalized spacial score (nSPS) is 10.8. The molecule has 112 valence electrons. The molecule has 0 bridgehead atoms. The molecule has 4 nitrogen and oxygen atoms in total. The Bertz CT molecular complexity index is 862. The van der Waals surface area contributed by atoms with Crippen molar-refractivity contribution < 1.29 is 4.79 Å². The van der Waals surface area contributed by atoms with Crippen molar-refractivity contribution in [3.8, 4) is 0 Å². The summed E-state index contributed by atoms with van der Waals surface area (Å²) in [4.78, 5) is 26.6. The van der Waals surface area contributed by atoms with Gasteiger partial charge in [0.15, 0.2) is 0 Å². The molecule has 22 heavy (non-hydrogen) atoms. The first-order valence-corrected chi connectivity index (χ1v) is 7.76. The van der Waals surface area contributed by atoms with Gasteiger partial charge in [-0.1, -0.05) is 18.2 Å². The molecule has 3 rings (SSSR count). The van der Waals surface area contributed by atoms with Gasteiger partial charge in [-0.05, 0) is 23.6 Å². The molecule has 2 aromatic heterocycles. The van der Waals surface area contributed by atoms with Gasteiger partial charge in [-0.3, -0.25) is 9.59 Å². The van der Waals surface area contributed by atoms with Crippen LogP contribution in [0.25, 0.3) is 10.1 Å². The lowest BCUT2D eigenvalue weighted by Gasteiger charge is -2.16. The third kappa shape index (κ3) is 2.80. The highest BCUT2D eigenvalue weighted by Crippen LogP contribution is 2.26. The van der Waals surface area contributed by atoms with E-state index in [4.69, 9.17) is 0 Å². The molecule has 5 heteroatoms. The SMILES string of the molecule is CN(Cc1cc2ccccc2s1)C(=O)c1ccc(=O)n(C)c1. The van der Waals surface area contributed by atoms with E-state index in [2.05, 4.69) is 18.2 Å². The number of hydrogen-bond donors (Lipinski definition) is 0. The van der Waals surface area contributed by atoms with Gasteiger partial charge in [-0.15, -0.1) is 11.3 Å². The van der Waals surface area contributed by atoms with Gasteiger partial charge in [-0.25, -0.2) is 0 Å². The molecular weight excluding hydrogens is 296 g/mol. The molecule has 1 amide bonds. The number of nitrogens with zero attached hydrogens (tertiary/aromatic N) is 2. The minimum Gasteiger partial charge on any atom is -0.337 e. The zero-order chi connectivity index (χ0) is 15.7. The Kier molecular flexibility index (Phi) is 3.81. The fourth-order valence-corrected chi connectivity index (χ4v) is 3.48. The molecule has 0 aliphatic rings. The molecule has 0 saturated carbocycles. The van der Waals surface area contributed by atoms with Gasteiger partial charge in [-0.2, -0.15) is 0 Å². The van der Waals surface area contributed by atoms with Gasteiger partial charge in [0.2, 0.25) is 5.56 Å². The number of carbonyl (C=O) groups is 1. The van der Waals surface area contributed by atoms with Gasteiger partial charge in [0, 0.05) is 35.9 Å². The first-order chi connectivity index (χ1) is 10.5. The van der Waals surface area contributed by atoms with Gasteiger partial charge < -0.3 is 9.47 Å². The number of amides is 1. The summed E-state index contributed by atoms with van der Waals surface area (Å²) >= 11 is 1.69. The molecule has 0 aliphatic heterocycles. The highest BCUT2D eigenvalue weighted by atomic mass is 32.1. The summed E-state index contributed by atoms with van der Waals surface area (Å²) in [5.41, 5.74) is 0.398. The minimum absolute atomic E-state index is 0.0898.